The van der Waals surface area contributed by atoms with E-state index < -0.39 is 0 Å². The Balaban J connectivity index is 2.24. The number of hydrogen-bond acceptors (Lipinski definition) is 5. The molecule has 1 rings (SSSR count). The zero-order valence-electron chi connectivity index (χ0n) is 11.5. The van der Waals surface area contributed by atoms with Gasteiger partial charge >= 0.3 is 5.97 Å². The molecule has 1 aliphatic rings. The van der Waals surface area contributed by atoms with E-state index in [0.29, 0.717) is 13.2 Å². The van der Waals surface area contributed by atoms with E-state index in [4.69, 9.17) is 14.6 Å². The molecule has 0 aromatic heterocycles. The minimum absolute atomic E-state index is 0.00451. The number of esters is 1. The van der Waals surface area contributed by atoms with Crippen molar-refractivity contribution in [3.8, 4) is 0 Å². The van der Waals surface area contributed by atoms with Crippen molar-refractivity contribution < 1.29 is 24.1 Å². The Labute approximate surface area is 108 Å². The molecule has 0 bridgehead atoms. The third kappa shape index (κ3) is 4.55. The molecule has 2 unspecified atom stereocenters. The fourth-order valence-electron chi connectivity index (χ4n) is 2.03. The van der Waals surface area contributed by atoms with E-state index in [9.17, 15) is 4.79 Å². The molecule has 1 heterocycles. The van der Waals surface area contributed by atoms with E-state index in [1.54, 1.807) is 0 Å². The smallest absolute Gasteiger partial charge is 0.308 e. The van der Waals surface area contributed by atoms with Crippen molar-refractivity contribution in [3.05, 3.63) is 0 Å². The topological polar surface area (TPSA) is 65.0 Å². The highest BCUT2D eigenvalue weighted by atomic mass is 16.6. The Morgan fingerprint density at radius 1 is 1.61 bits per heavy atom. The first-order chi connectivity index (χ1) is 8.50. The molecule has 1 N–H and O–H groups in total. The van der Waals surface area contributed by atoms with E-state index in [0.717, 1.165) is 19.3 Å². The van der Waals surface area contributed by atoms with Crippen LogP contribution in [0, 0.1) is 5.92 Å². The number of aliphatic hydroxyl groups excluding tert-OH is 1. The second-order valence-electron chi connectivity index (χ2n) is 5.19. The van der Waals surface area contributed by atoms with Crippen LogP contribution >= 0.6 is 0 Å². The van der Waals surface area contributed by atoms with Crippen LogP contribution < -0.4 is 0 Å². The van der Waals surface area contributed by atoms with Gasteiger partial charge in [0.05, 0.1) is 38.4 Å². The molecule has 1 aliphatic heterocycles. The zero-order chi connectivity index (χ0) is 13.6. The van der Waals surface area contributed by atoms with Gasteiger partial charge in [0.15, 0.2) is 0 Å². The predicted octanol–water partition coefficient (Wildman–Crippen LogP) is 1.13. The van der Waals surface area contributed by atoms with Gasteiger partial charge in [-0.1, -0.05) is 6.92 Å². The number of methoxy groups -OCH3 is 1. The van der Waals surface area contributed by atoms with E-state index in [1.807, 2.05) is 13.8 Å². The summed E-state index contributed by atoms with van der Waals surface area (Å²) in [6, 6.07) is 0. The molecular formula is C13H24O5. The van der Waals surface area contributed by atoms with Crippen LogP contribution in [0.5, 0.6) is 0 Å². The van der Waals surface area contributed by atoms with E-state index in [-0.39, 0.29) is 30.2 Å². The van der Waals surface area contributed by atoms with Crippen molar-refractivity contribution in [1.29, 1.82) is 0 Å². The van der Waals surface area contributed by atoms with Crippen molar-refractivity contribution in [2.75, 3.05) is 26.9 Å². The van der Waals surface area contributed by atoms with Crippen molar-refractivity contribution in [2.24, 2.45) is 5.92 Å². The largest absolute Gasteiger partial charge is 0.469 e. The monoisotopic (exact) mass is 260 g/mol. The van der Waals surface area contributed by atoms with Crippen molar-refractivity contribution in [1.82, 2.24) is 0 Å². The number of rotatable bonds is 6. The molecule has 0 saturated carbocycles. The van der Waals surface area contributed by atoms with E-state index in [2.05, 4.69) is 4.74 Å². The maximum Gasteiger partial charge on any atom is 0.308 e. The molecule has 0 aliphatic carbocycles. The van der Waals surface area contributed by atoms with Gasteiger partial charge in [-0.05, 0) is 26.2 Å². The Kier molecular flexibility index (Phi) is 6.05. The van der Waals surface area contributed by atoms with Gasteiger partial charge < -0.3 is 19.3 Å². The zero-order valence-corrected chi connectivity index (χ0v) is 11.5. The normalized spacial score (nSPS) is 29.9. The van der Waals surface area contributed by atoms with Crippen LogP contribution in [-0.2, 0) is 19.0 Å². The summed E-state index contributed by atoms with van der Waals surface area (Å²) < 4.78 is 15.9. The molecule has 5 nitrogen and oxygen atoms in total. The van der Waals surface area contributed by atoms with E-state index >= 15 is 0 Å². The molecule has 5 heteroatoms. The second kappa shape index (κ2) is 7.07. The lowest BCUT2D eigenvalue weighted by molar-refractivity contribution is -0.193. The minimum Gasteiger partial charge on any atom is -0.469 e. The number of carbonyl (C=O) groups is 1. The van der Waals surface area contributed by atoms with Crippen LogP contribution in [0.2, 0.25) is 0 Å². The molecule has 3 atom stereocenters. The summed E-state index contributed by atoms with van der Waals surface area (Å²) in [5.41, 5.74) is -0.304. The van der Waals surface area contributed by atoms with Gasteiger partial charge in [0.1, 0.15) is 6.10 Å². The lowest BCUT2D eigenvalue weighted by Crippen LogP contribution is -2.45. The highest BCUT2D eigenvalue weighted by Crippen LogP contribution is 2.25. The summed E-state index contributed by atoms with van der Waals surface area (Å²) in [7, 11) is 1.41. The molecular weight excluding hydrogens is 236 g/mol. The van der Waals surface area contributed by atoms with Crippen LogP contribution in [-0.4, -0.2) is 49.7 Å². The molecule has 0 aromatic rings. The average Bonchev–Trinajstić information content (AvgIpc) is 2.38. The predicted molar refractivity (Wildman–Crippen MR) is 66.2 cm³/mol. The van der Waals surface area contributed by atoms with Crippen LogP contribution in [0.1, 0.15) is 33.1 Å². The summed E-state index contributed by atoms with van der Waals surface area (Å²) in [6.07, 6.45) is 2.31. The van der Waals surface area contributed by atoms with E-state index in [1.165, 1.54) is 7.11 Å². The fourth-order valence-corrected chi connectivity index (χ4v) is 2.03. The average molecular weight is 260 g/mol. The first-order valence-corrected chi connectivity index (χ1v) is 6.45. The Bertz CT molecular complexity index is 258. The summed E-state index contributed by atoms with van der Waals surface area (Å²) in [4.78, 5) is 11.2. The standard InChI is InChI=1S/C13H24O5/c1-10(12(15)16-3)5-4-6-13(2)9-17-11(7-14)8-18-13/h10-11,14H,4-9H2,1-3H3/t10?,11?,13-/m1/s1. The Hall–Kier alpha value is -0.650. The third-order valence-electron chi connectivity index (χ3n) is 3.39. The number of aliphatic hydroxyl groups is 1. The summed E-state index contributed by atoms with van der Waals surface area (Å²) in [5.74, 6) is -0.241. The van der Waals surface area contributed by atoms with Crippen LogP contribution in [0.3, 0.4) is 0 Å². The molecule has 0 amide bonds. The first-order valence-electron chi connectivity index (χ1n) is 6.45. The molecule has 18 heavy (non-hydrogen) atoms. The summed E-state index contributed by atoms with van der Waals surface area (Å²) in [6.45, 7) is 4.79. The Morgan fingerprint density at radius 2 is 2.33 bits per heavy atom. The lowest BCUT2D eigenvalue weighted by atomic mass is 9.95. The third-order valence-corrected chi connectivity index (χ3v) is 3.39. The van der Waals surface area contributed by atoms with Gasteiger partial charge in [-0.2, -0.15) is 0 Å². The van der Waals surface area contributed by atoms with Crippen LogP contribution in [0.25, 0.3) is 0 Å². The van der Waals surface area contributed by atoms with Gasteiger partial charge in [-0.25, -0.2) is 0 Å². The van der Waals surface area contributed by atoms with Crippen LogP contribution in [0.4, 0.5) is 0 Å². The quantitative estimate of drug-likeness (QED) is 0.725. The summed E-state index contributed by atoms with van der Waals surface area (Å²) >= 11 is 0. The number of carbonyl (C=O) groups excluding carboxylic acids is 1. The van der Waals surface area contributed by atoms with Gasteiger partial charge in [-0.3, -0.25) is 4.79 Å². The molecule has 1 fully saturated rings. The summed E-state index contributed by atoms with van der Waals surface area (Å²) in [5, 5.41) is 8.94. The molecule has 1 saturated heterocycles. The molecule has 0 radical (unpaired) electrons. The van der Waals surface area contributed by atoms with Gasteiger partial charge in [0, 0.05) is 0 Å². The van der Waals surface area contributed by atoms with Gasteiger partial charge in [0.2, 0.25) is 0 Å². The molecule has 0 aromatic carbocycles. The Morgan fingerprint density at radius 3 is 2.83 bits per heavy atom. The molecule has 0 spiro atoms. The SMILES string of the molecule is COC(=O)C(C)CCC[C@]1(C)COC(CO)CO1. The lowest BCUT2D eigenvalue weighted by Gasteiger charge is -2.37. The second-order valence-corrected chi connectivity index (χ2v) is 5.19. The first kappa shape index (κ1) is 15.4. The number of hydrogen-bond donors (Lipinski definition) is 1. The van der Waals surface area contributed by atoms with Crippen LogP contribution in [0.15, 0.2) is 0 Å². The number of ether oxygens (including phenoxy) is 3. The van der Waals surface area contributed by atoms with Crippen molar-refractivity contribution in [2.45, 2.75) is 44.8 Å². The maximum absolute atomic E-state index is 11.2. The maximum atomic E-state index is 11.2. The fraction of sp³-hybridized carbons (Fsp3) is 0.923. The van der Waals surface area contributed by atoms with Gasteiger partial charge in [-0.15, -0.1) is 0 Å². The highest BCUT2D eigenvalue weighted by molar-refractivity contribution is 5.71. The highest BCUT2D eigenvalue weighted by Gasteiger charge is 2.32. The van der Waals surface area contributed by atoms with Crippen molar-refractivity contribution >= 4 is 5.97 Å². The molecule has 106 valence electrons. The van der Waals surface area contributed by atoms with Gasteiger partial charge in [0.25, 0.3) is 0 Å². The van der Waals surface area contributed by atoms with Crippen molar-refractivity contribution in [3.63, 3.8) is 0 Å². The minimum atomic E-state index is -0.304.